The van der Waals surface area contributed by atoms with Gasteiger partial charge in [0, 0.05) is 11.3 Å². The molecule has 1 aliphatic carbocycles. The molecule has 0 N–H and O–H groups in total. The van der Waals surface area contributed by atoms with Crippen LogP contribution in [-0.2, 0) is 14.9 Å². The Labute approximate surface area is 105 Å². The summed E-state index contributed by atoms with van der Waals surface area (Å²) in [5, 5.41) is 11.3. The van der Waals surface area contributed by atoms with Crippen molar-refractivity contribution in [1.29, 1.82) is 0 Å². The van der Waals surface area contributed by atoms with Crippen LogP contribution in [0.1, 0.15) is 25.8 Å². The van der Waals surface area contributed by atoms with E-state index in [9.17, 15) is 14.9 Å². The van der Waals surface area contributed by atoms with Crippen LogP contribution < -0.4 is 0 Å². The first kappa shape index (κ1) is 12.5. The van der Waals surface area contributed by atoms with Crippen molar-refractivity contribution in [3.63, 3.8) is 0 Å². The summed E-state index contributed by atoms with van der Waals surface area (Å²) in [6, 6.07) is 9.09. The van der Waals surface area contributed by atoms with E-state index in [0.717, 1.165) is 5.56 Å². The molecule has 1 aromatic rings. The van der Waals surface area contributed by atoms with Crippen LogP contribution in [-0.4, -0.2) is 23.0 Å². The second-order valence-electron chi connectivity index (χ2n) is 4.71. The zero-order valence-corrected chi connectivity index (χ0v) is 10.4. The van der Waals surface area contributed by atoms with Crippen LogP contribution in [0, 0.1) is 10.1 Å². The fraction of sp³-hybridized carbons (Fsp3) is 0.462. The first-order chi connectivity index (χ1) is 8.49. The van der Waals surface area contributed by atoms with Gasteiger partial charge in [0.2, 0.25) is 0 Å². The van der Waals surface area contributed by atoms with E-state index in [0.29, 0.717) is 0 Å². The normalized spacial score (nSPS) is 29.7. The van der Waals surface area contributed by atoms with Gasteiger partial charge in [-0.05, 0) is 19.4 Å². The highest BCUT2D eigenvalue weighted by molar-refractivity contribution is 5.87. The van der Waals surface area contributed by atoms with E-state index in [4.69, 9.17) is 4.74 Å². The van der Waals surface area contributed by atoms with Gasteiger partial charge in [-0.15, -0.1) is 0 Å². The molecule has 0 saturated heterocycles. The third kappa shape index (κ3) is 1.50. The second kappa shape index (κ2) is 4.08. The average molecular weight is 249 g/mol. The highest BCUT2D eigenvalue weighted by Crippen LogP contribution is 2.59. The number of nitro groups is 1. The summed E-state index contributed by atoms with van der Waals surface area (Å²) in [5.74, 6) is -0.735. The summed E-state index contributed by atoms with van der Waals surface area (Å²) in [5.41, 5.74) is -1.59. The predicted molar refractivity (Wildman–Crippen MR) is 64.8 cm³/mol. The Morgan fingerprint density at radius 3 is 2.56 bits per heavy atom. The van der Waals surface area contributed by atoms with Crippen molar-refractivity contribution in [3.05, 3.63) is 46.0 Å². The van der Waals surface area contributed by atoms with Crippen LogP contribution in [0.4, 0.5) is 0 Å². The Balaban J connectivity index is 2.38. The summed E-state index contributed by atoms with van der Waals surface area (Å²) in [7, 11) is 0. The monoisotopic (exact) mass is 249 g/mol. The molecule has 2 rings (SSSR count). The molecule has 5 heteroatoms. The number of carbonyl (C=O) groups is 1. The number of carbonyl (C=O) groups excluding carboxylic acids is 1. The molecule has 2 atom stereocenters. The Hall–Kier alpha value is -1.91. The van der Waals surface area contributed by atoms with E-state index in [1.165, 1.54) is 0 Å². The van der Waals surface area contributed by atoms with Crippen molar-refractivity contribution in [2.45, 2.75) is 31.2 Å². The highest BCUT2D eigenvalue weighted by Gasteiger charge is 2.82. The van der Waals surface area contributed by atoms with Crippen molar-refractivity contribution in [1.82, 2.24) is 0 Å². The molecule has 0 spiro atoms. The molecule has 1 aromatic carbocycles. The largest absolute Gasteiger partial charge is 0.461 e. The van der Waals surface area contributed by atoms with Crippen LogP contribution in [0.15, 0.2) is 30.3 Å². The van der Waals surface area contributed by atoms with Crippen LogP contribution in [0.25, 0.3) is 0 Å². The molecule has 1 fully saturated rings. The Morgan fingerprint density at radius 1 is 1.44 bits per heavy atom. The van der Waals surface area contributed by atoms with Gasteiger partial charge in [-0.3, -0.25) is 10.1 Å². The molecule has 0 heterocycles. The smallest absolute Gasteiger partial charge is 0.385 e. The van der Waals surface area contributed by atoms with Gasteiger partial charge in [-0.25, -0.2) is 4.79 Å². The summed E-state index contributed by atoms with van der Waals surface area (Å²) in [6.07, 6.45) is 0.190. The zero-order valence-electron chi connectivity index (χ0n) is 10.4. The number of benzene rings is 1. The number of nitrogens with zero attached hydrogens (tertiary/aromatic N) is 1. The minimum absolute atomic E-state index is 0.152. The minimum atomic E-state index is -1.62. The van der Waals surface area contributed by atoms with E-state index in [1.54, 1.807) is 13.8 Å². The summed E-state index contributed by atoms with van der Waals surface area (Å²) >= 11 is 0. The average Bonchev–Trinajstić information content (AvgIpc) is 3.01. The van der Waals surface area contributed by atoms with Crippen LogP contribution in [0.2, 0.25) is 0 Å². The van der Waals surface area contributed by atoms with Gasteiger partial charge in [-0.2, -0.15) is 0 Å². The van der Waals surface area contributed by atoms with Crippen LogP contribution in [0.5, 0.6) is 0 Å². The van der Waals surface area contributed by atoms with Gasteiger partial charge in [-0.1, -0.05) is 30.3 Å². The van der Waals surface area contributed by atoms with Crippen molar-refractivity contribution >= 4 is 5.97 Å². The molecular weight excluding hydrogens is 234 g/mol. The lowest BCUT2D eigenvalue weighted by Crippen LogP contribution is -2.40. The number of hydrogen-bond donors (Lipinski definition) is 0. The van der Waals surface area contributed by atoms with Crippen molar-refractivity contribution in [3.8, 4) is 0 Å². The summed E-state index contributed by atoms with van der Waals surface area (Å²) in [6.45, 7) is 3.54. The Kier molecular flexibility index (Phi) is 2.84. The maximum atomic E-state index is 11.9. The molecule has 0 aromatic heterocycles. The van der Waals surface area contributed by atoms with Gasteiger partial charge in [0.1, 0.15) is 0 Å². The molecule has 1 aliphatic rings. The first-order valence-corrected chi connectivity index (χ1v) is 5.86. The molecule has 96 valence electrons. The lowest BCUT2D eigenvalue weighted by molar-refractivity contribution is -0.530. The fourth-order valence-electron chi connectivity index (χ4n) is 2.50. The number of esters is 1. The zero-order chi connectivity index (χ0) is 13.4. The SMILES string of the molecule is CCOC(=O)[C@]1([N+](=O)[O-])C[C@@]1(C)c1ccccc1. The lowest BCUT2D eigenvalue weighted by atomic mass is 9.93. The maximum absolute atomic E-state index is 11.9. The molecule has 0 aliphatic heterocycles. The molecule has 0 radical (unpaired) electrons. The topological polar surface area (TPSA) is 69.4 Å². The van der Waals surface area contributed by atoms with Crippen molar-refractivity contribution in [2.75, 3.05) is 6.61 Å². The van der Waals surface area contributed by atoms with E-state index in [1.807, 2.05) is 30.3 Å². The van der Waals surface area contributed by atoms with Gasteiger partial charge < -0.3 is 4.74 Å². The lowest BCUT2D eigenvalue weighted by Gasteiger charge is -2.14. The molecular formula is C13H15NO4. The van der Waals surface area contributed by atoms with Crippen molar-refractivity contribution < 1.29 is 14.5 Å². The number of rotatable bonds is 4. The van der Waals surface area contributed by atoms with Crippen LogP contribution >= 0.6 is 0 Å². The van der Waals surface area contributed by atoms with Gasteiger partial charge >= 0.3 is 11.5 Å². The van der Waals surface area contributed by atoms with E-state index in [-0.39, 0.29) is 13.0 Å². The van der Waals surface area contributed by atoms with Crippen molar-refractivity contribution in [2.24, 2.45) is 0 Å². The van der Waals surface area contributed by atoms with Gasteiger partial charge in [0.05, 0.1) is 12.0 Å². The standard InChI is InChI=1S/C13H15NO4/c1-3-18-11(15)13(14(16)17)9-12(13,2)10-7-5-4-6-8-10/h4-8H,3,9H2,1-2H3/t12-,13+/m0/s1. The molecule has 0 bridgehead atoms. The number of hydrogen-bond acceptors (Lipinski definition) is 4. The van der Waals surface area contributed by atoms with E-state index < -0.39 is 21.8 Å². The molecule has 5 nitrogen and oxygen atoms in total. The van der Waals surface area contributed by atoms with Gasteiger partial charge in [0.25, 0.3) is 0 Å². The molecule has 0 unspecified atom stereocenters. The minimum Gasteiger partial charge on any atom is -0.461 e. The van der Waals surface area contributed by atoms with Gasteiger partial charge in [0.15, 0.2) is 0 Å². The van der Waals surface area contributed by atoms with E-state index >= 15 is 0 Å². The quantitative estimate of drug-likeness (QED) is 0.464. The third-order valence-electron chi connectivity index (χ3n) is 3.73. The summed E-state index contributed by atoms with van der Waals surface area (Å²) in [4.78, 5) is 22.7. The summed E-state index contributed by atoms with van der Waals surface area (Å²) < 4.78 is 4.87. The number of ether oxygens (including phenoxy) is 1. The highest BCUT2D eigenvalue weighted by atomic mass is 16.6. The molecule has 18 heavy (non-hydrogen) atoms. The predicted octanol–water partition coefficient (Wildman–Crippen LogP) is 1.93. The maximum Gasteiger partial charge on any atom is 0.385 e. The van der Waals surface area contributed by atoms with E-state index in [2.05, 4.69) is 0 Å². The molecule has 1 saturated carbocycles. The third-order valence-corrected chi connectivity index (χ3v) is 3.73. The first-order valence-electron chi connectivity index (χ1n) is 5.86. The Bertz CT molecular complexity index is 487. The second-order valence-corrected chi connectivity index (χ2v) is 4.71. The molecule has 0 amide bonds. The van der Waals surface area contributed by atoms with Crippen LogP contribution in [0.3, 0.4) is 0 Å². The Morgan fingerprint density at radius 2 is 2.06 bits per heavy atom. The fourth-order valence-corrected chi connectivity index (χ4v) is 2.50.